The van der Waals surface area contributed by atoms with E-state index in [0.717, 1.165) is 37.3 Å². The molecular formula is C25H32N8O. The minimum atomic E-state index is -0.330. The number of piperidine rings is 1. The van der Waals surface area contributed by atoms with Crippen molar-refractivity contribution in [3.8, 4) is 6.07 Å². The van der Waals surface area contributed by atoms with Crippen molar-refractivity contribution in [3.05, 3.63) is 40.8 Å². The van der Waals surface area contributed by atoms with Gasteiger partial charge in [-0.3, -0.25) is 4.79 Å². The van der Waals surface area contributed by atoms with Crippen molar-refractivity contribution in [1.82, 2.24) is 20.2 Å². The Hall–Kier alpha value is -3.67. The van der Waals surface area contributed by atoms with E-state index in [1.165, 1.54) is 0 Å². The van der Waals surface area contributed by atoms with Crippen LogP contribution >= 0.6 is 0 Å². The van der Waals surface area contributed by atoms with Crippen LogP contribution in [0.25, 0.3) is 10.9 Å². The average Bonchev–Trinajstić information content (AvgIpc) is 2.80. The zero-order valence-electron chi connectivity index (χ0n) is 20.2. The van der Waals surface area contributed by atoms with Crippen LogP contribution in [-0.2, 0) is 0 Å². The van der Waals surface area contributed by atoms with Crippen LogP contribution in [0.15, 0.2) is 35.3 Å². The van der Waals surface area contributed by atoms with Gasteiger partial charge in [-0.15, -0.1) is 0 Å². The van der Waals surface area contributed by atoms with Crippen LogP contribution in [0.2, 0.25) is 0 Å². The molecule has 0 unspecified atom stereocenters. The summed E-state index contributed by atoms with van der Waals surface area (Å²) in [6, 6.07) is 10.8. The Morgan fingerprint density at radius 3 is 2.44 bits per heavy atom. The number of hydrogen-bond acceptors (Lipinski definition) is 8. The third kappa shape index (κ3) is 4.96. The average molecular weight is 461 g/mol. The van der Waals surface area contributed by atoms with Gasteiger partial charge in [-0.1, -0.05) is 0 Å². The Bertz CT molecular complexity index is 1210. The van der Waals surface area contributed by atoms with Gasteiger partial charge in [0.05, 0.1) is 12.3 Å². The molecule has 9 nitrogen and oxygen atoms in total. The topological polar surface area (TPSA) is 114 Å². The summed E-state index contributed by atoms with van der Waals surface area (Å²) < 4.78 is 0. The Morgan fingerprint density at radius 1 is 1.15 bits per heavy atom. The molecule has 3 heterocycles. The third-order valence-corrected chi connectivity index (χ3v) is 6.34. The molecule has 1 aliphatic rings. The number of rotatable bonds is 7. The lowest BCUT2D eigenvalue weighted by Gasteiger charge is -2.33. The molecule has 9 heteroatoms. The zero-order chi connectivity index (χ0) is 24.2. The maximum Gasteiger partial charge on any atom is 0.277 e. The molecular weight excluding hydrogens is 428 g/mol. The standard InChI is InChI=1S/C25H32N8O/c1-16(2)33(17(3)4)25-29-21-15-27-31-24(34)22(21)23(30-25)28-19-5-7-20(8-6-19)32-13-10-18(9-12-26)11-14-32/h5-8,15-18H,9-11,13-14H2,1-4H3,(H,31,34)(H,28,29,30). The molecule has 1 aromatic carbocycles. The summed E-state index contributed by atoms with van der Waals surface area (Å²) in [7, 11) is 0. The predicted octanol–water partition coefficient (Wildman–Crippen LogP) is 4.21. The van der Waals surface area contributed by atoms with E-state index in [0.29, 0.717) is 35.0 Å². The van der Waals surface area contributed by atoms with E-state index >= 15 is 0 Å². The number of benzene rings is 1. The molecule has 178 valence electrons. The van der Waals surface area contributed by atoms with Crippen molar-refractivity contribution in [2.75, 3.05) is 28.2 Å². The summed E-state index contributed by atoms with van der Waals surface area (Å²) in [5, 5.41) is 19.1. The Labute approximate surface area is 199 Å². The Balaban J connectivity index is 1.61. The maximum absolute atomic E-state index is 12.6. The van der Waals surface area contributed by atoms with Gasteiger partial charge in [0.1, 0.15) is 16.7 Å². The number of H-pyrrole nitrogens is 1. The van der Waals surface area contributed by atoms with Crippen molar-refractivity contribution in [3.63, 3.8) is 0 Å². The highest BCUT2D eigenvalue weighted by Gasteiger charge is 2.21. The van der Waals surface area contributed by atoms with Gasteiger partial charge in [-0.05, 0) is 70.7 Å². The molecule has 2 N–H and O–H groups in total. The number of fused-ring (bicyclic) bond motifs is 1. The monoisotopic (exact) mass is 460 g/mol. The molecule has 34 heavy (non-hydrogen) atoms. The van der Waals surface area contributed by atoms with E-state index in [-0.39, 0.29) is 17.6 Å². The van der Waals surface area contributed by atoms with Gasteiger partial charge >= 0.3 is 0 Å². The third-order valence-electron chi connectivity index (χ3n) is 6.34. The fourth-order valence-electron chi connectivity index (χ4n) is 4.67. The summed E-state index contributed by atoms with van der Waals surface area (Å²) in [6.45, 7) is 10.3. The first-order valence-electron chi connectivity index (χ1n) is 11.9. The van der Waals surface area contributed by atoms with Crippen molar-refractivity contribution < 1.29 is 0 Å². The second-order valence-corrected chi connectivity index (χ2v) is 9.39. The molecule has 0 radical (unpaired) electrons. The van der Waals surface area contributed by atoms with Crippen LogP contribution in [0.3, 0.4) is 0 Å². The van der Waals surface area contributed by atoms with Crippen molar-refractivity contribution in [1.29, 1.82) is 5.26 Å². The SMILES string of the molecule is CC(C)N(c1nc(Nc2ccc(N3CCC(CC#N)CC3)cc2)c2c(=O)[nH]ncc2n1)C(C)C. The highest BCUT2D eigenvalue weighted by Crippen LogP contribution is 2.29. The zero-order valence-corrected chi connectivity index (χ0v) is 20.2. The highest BCUT2D eigenvalue weighted by molar-refractivity contribution is 5.90. The summed E-state index contributed by atoms with van der Waals surface area (Å²) in [5.74, 6) is 1.52. The molecule has 1 saturated heterocycles. The largest absolute Gasteiger partial charge is 0.372 e. The number of nitrogens with one attached hydrogen (secondary N) is 2. The van der Waals surface area contributed by atoms with Crippen LogP contribution in [-0.4, -0.2) is 45.3 Å². The van der Waals surface area contributed by atoms with Gasteiger partial charge in [0, 0.05) is 43.0 Å². The number of aromatic amines is 1. The van der Waals surface area contributed by atoms with Gasteiger partial charge in [0.2, 0.25) is 5.95 Å². The highest BCUT2D eigenvalue weighted by atomic mass is 16.1. The van der Waals surface area contributed by atoms with E-state index < -0.39 is 0 Å². The molecule has 0 saturated carbocycles. The van der Waals surface area contributed by atoms with Crippen LogP contribution in [0, 0.1) is 17.2 Å². The quantitative estimate of drug-likeness (QED) is 0.539. The lowest BCUT2D eigenvalue weighted by molar-refractivity contribution is 0.413. The van der Waals surface area contributed by atoms with Crippen LogP contribution in [0.1, 0.15) is 47.0 Å². The minimum Gasteiger partial charge on any atom is -0.372 e. The van der Waals surface area contributed by atoms with E-state index in [2.05, 4.69) is 76.2 Å². The summed E-state index contributed by atoms with van der Waals surface area (Å²) in [5.41, 5.74) is 2.16. The molecule has 2 aromatic heterocycles. The second kappa shape index (κ2) is 10.1. The fourth-order valence-corrected chi connectivity index (χ4v) is 4.67. The number of aromatic nitrogens is 4. The van der Waals surface area contributed by atoms with Gasteiger partial charge < -0.3 is 15.1 Å². The number of anilines is 4. The van der Waals surface area contributed by atoms with Gasteiger partial charge in [-0.2, -0.15) is 15.3 Å². The molecule has 4 rings (SSSR count). The van der Waals surface area contributed by atoms with Gasteiger partial charge in [-0.25, -0.2) is 10.1 Å². The van der Waals surface area contributed by atoms with Gasteiger partial charge in [0.25, 0.3) is 5.56 Å². The van der Waals surface area contributed by atoms with Crippen molar-refractivity contribution >= 4 is 34.0 Å². The summed E-state index contributed by atoms with van der Waals surface area (Å²) in [4.78, 5) is 26.5. The number of nitriles is 1. The van der Waals surface area contributed by atoms with Crippen molar-refractivity contribution in [2.24, 2.45) is 5.92 Å². The summed E-state index contributed by atoms with van der Waals surface area (Å²) >= 11 is 0. The maximum atomic E-state index is 12.6. The fraction of sp³-hybridized carbons (Fsp3) is 0.480. The molecule has 1 fully saturated rings. The first-order chi connectivity index (χ1) is 16.4. The molecule has 3 aromatic rings. The van der Waals surface area contributed by atoms with E-state index in [9.17, 15) is 4.79 Å². The molecule has 0 aliphatic carbocycles. The first-order valence-corrected chi connectivity index (χ1v) is 11.9. The number of nitrogens with zero attached hydrogens (tertiary/aromatic N) is 6. The van der Waals surface area contributed by atoms with E-state index in [1.807, 2.05) is 12.1 Å². The molecule has 0 amide bonds. The molecule has 0 atom stereocenters. The van der Waals surface area contributed by atoms with Crippen molar-refractivity contribution in [2.45, 2.75) is 59.0 Å². The van der Waals surface area contributed by atoms with Crippen LogP contribution in [0.5, 0.6) is 0 Å². The lowest BCUT2D eigenvalue weighted by atomic mass is 9.94. The first kappa shape index (κ1) is 23.5. The van der Waals surface area contributed by atoms with Crippen LogP contribution in [0.4, 0.5) is 23.1 Å². The van der Waals surface area contributed by atoms with E-state index in [4.69, 9.17) is 10.2 Å². The Morgan fingerprint density at radius 2 is 1.82 bits per heavy atom. The predicted molar refractivity (Wildman–Crippen MR) is 136 cm³/mol. The van der Waals surface area contributed by atoms with Gasteiger partial charge in [0.15, 0.2) is 0 Å². The van der Waals surface area contributed by atoms with Crippen LogP contribution < -0.4 is 20.7 Å². The number of hydrogen-bond donors (Lipinski definition) is 2. The second-order valence-electron chi connectivity index (χ2n) is 9.39. The summed E-state index contributed by atoms with van der Waals surface area (Å²) in [6.07, 6.45) is 4.29. The minimum absolute atomic E-state index is 0.192. The normalized spacial score (nSPS) is 14.6. The Kier molecular flexibility index (Phi) is 6.96. The van der Waals surface area contributed by atoms with E-state index in [1.54, 1.807) is 6.20 Å². The lowest BCUT2D eigenvalue weighted by Crippen LogP contribution is -2.38. The molecule has 0 spiro atoms. The molecule has 0 bridgehead atoms. The molecule has 1 aliphatic heterocycles. The smallest absolute Gasteiger partial charge is 0.277 e.